The number of carbonyl (C=O) groups excluding carboxylic acids is 1. The third-order valence-electron chi connectivity index (χ3n) is 9.08. The maximum Gasteiger partial charge on any atom is 0.305 e. The van der Waals surface area contributed by atoms with E-state index >= 15 is 0 Å². The highest BCUT2D eigenvalue weighted by Crippen LogP contribution is 2.79. The molecule has 3 aromatic carbocycles. The average molecular weight is 591 g/mol. The number of aliphatic carboxylic acids is 1. The molecule has 0 saturated carbocycles. The fourth-order valence-electron chi connectivity index (χ4n) is 7.33. The minimum atomic E-state index is -1.92. The molecule has 3 aliphatic rings. The monoisotopic (exact) mass is 590 g/mol. The number of amides is 1. The Hall–Kier alpha value is -3.67. The lowest BCUT2D eigenvalue weighted by atomic mass is 9.73. The molecule has 3 fully saturated rings. The number of nitrogens with zero attached hydrogens (tertiary/aromatic N) is 1. The summed E-state index contributed by atoms with van der Waals surface area (Å²) in [4.78, 5) is 27.7. The number of carboxylic acids is 1. The molecule has 4 N–H and O–H groups in total. The standard InChI is InChI=1S/C33H35FN2O7/c1-21(2)32(41)31(29(40)35-25-11-7-4-8-12-25)30(43-31,22-9-5-3-6-10-22)33(23-13-15-24(34)16-14-23)36(32)18-17-27(42-33)19-26(37)20-28(38)39/h3-16,21,26-27,37,41H,17-20H2,1-2H3,(H,35,40)(H,38,39)/t26?,27?,30-,31+,32-,33+/m1/s1. The molecular formula is C33H35FN2O7. The third-order valence-corrected chi connectivity index (χ3v) is 9.08. The van der Waals surface area contributed by atoms with Crippen LogP contribution in [0.25, 0.3) is 0 Å². The van der Waals surface area contributed by atoms with Crippen LogP contribution in [0, 0.1) is 11.7 Å². The first-order valence-corrected chi connectivity index (χ1v) is 14.5. The van der Waals surface area contributed by atoms with Gasteiger partial charge in [0.05, 0.1) is 18.6 Å². The van der Waals surface area contributed by atoms with E-state index in [2.05, 4.69) is 5.32 Å². The molecule has 226 valence electrons. The Morgan fingerprint density at radius 2 is 1.63 bits per heavy atom. The largest absolute Gasteiger partial charge is 0.481 e. The van der Waals surface area contributed by atoms with Crippen LogP contribution < -0.4 is 5.32 Å². The molecule has 6 rings (SSSR count). The summed E-state index contributed by atoms with van der Waals surface area (Å²) in [5.41, 5.74) is -5.55. The first-order valence-electron chi connectivity index (χ1n) is 14.5. The summed E-state index contributed by atoms with van der Waals surface area (Å²) in [5, 5.41) is 35.7. The predicted molar refractivity (Wildman–Crippen MR) is 154 cm³/mol. The van der Waals surface area contributed by atoms with E-state index in [1.54, 1.807) is 79.4 Å². The van der Waals surface area contributed by atoms with Crippen molar-refractivity contribution >= 4 is 17.6 Å². The number of halogens is 1. The minimum absolute atomic E-state index is 0.00271. The molecule has 3 aromatic rings. The van der Waals surface area contributed by atoms with Gasteiger partial charge >= 0.3 is 5.97 Å². The Labute approximate surface area is 248 Å². The summed E-state index contributed by atoms with van der Waals surface area (Å²) in [6.07, 6.45) is -2.01. The normalized spacial score (nSPS) is 32.1. The molecule has 6 atom stereocenters. The second kappa shape index (κ2) is 10.5. The molecule has 0 aromatic heterocycles. The van der Waals surface area contributed by atoms with Crippen LogP contribution in [0.15, 0.2) is 84.9 Å². The number of benzene rings is 3. The average Bonchev–Trinajstić information content (AvgIpc) is 3.67. The number of ether oxygens (including phenoxy) is 2. The lowest BCUT2D eigenvalue weighted by Crippen LogP contribution is -2.68. The number of epoxide rings is 1. The molecule has 43 heavy (non-hydrogen) atoms. The summed E-state index contributed by atoms with van der Waals surface area (Å²) in [6, 6.07) is 23.6. The Kier molecular flexibility index (Phi) is 7.18. The molecule has 3 heterocycles. The van der Waals surface area contributed by atoms with Crippen LogP contribution in [0.4, 0.5) is 10.1 Å². The number of nitrogens with one attached hydrogen (secondary N) is 1. The van der Waals surface area contributed by atoms with Crippen LogP contribution in [0.1, 0.15) is 44.2 Å². The van der Waals surface area contributed by atoms with Gasteiger partial charge in [0.25, 0.3) is 5.91 Å². The number of fused-ring (bicyclic) bond motifs is 3. The number of carboxylic acid groups (broad SMARTS) is 1. The van der Waals surface area contributed by atoms with Gasteiger partial charge < -0.3 is 30.1 Å². The molecule has 0 aliphatic carbocycles. The number of carbonyl (C=O) groups is 2. The first kappa shape index (κ1) is 29.4. The van der Waals surface area contributed by atoms with Gasteiger partial charge in [0.1, 0.15) is 5.82 Å². The second-order valence-corrected chi connectivity index (χ2v) is 11.8. The van der Waals surface area contributed by atoms with E-state index < -0.39 is 64.9 Å². The fourth-order valence-corrected chi connectivity index (χ4v) is 7.33. The summed E-state index contributed by atoms with van der Waals surface area (Å²) in [7, 11) is 0. The highest BCUT2D eigenvalue weighted by molar-refractivity contribution is 6.03. The molecule has 1 amide bonds. The van der Waals surface area contributed by atoms with Crippen molar-refractivity contribution in [1.29, 1.82) is 0 Å². The van der Waals surface area contributed by atoms with Crippen LogP contribution in [-0.2, 0) is 30.4 Å². The van der Waals surface area contributed by atoms with Crippen LogP contribution in [-0.4, -0.2) is 62.2 Å². The number of hydrogen-bond acceptors (Lipinski definition) is 7. The highest BCUT2D eigenvalue weighted by atomic mass is 19.1. The molecule has 2 unspecified atom stereocenters. The van der Waals surface area contributed by atoms with Crippen molar-refractivity contribution in [3.63, 3.8) is 0 Å². The lowest BCUT2D eigenvalue weighted by molar-refractivity contribution is -0.326. The maximum atomic E-state index is 14.6. The third kappa shape index (κ3) is 4.08. The zero-order chi connectivity index (χ0) is 30.6. The molecule has 0 spiro atoms. The van der Waals surface area contributed by atoms with E-state index in [0.29, 0.717) is 23.2 Å². The van der Waals surface area contributed by atoms with Crippen LogP contribution in [0.5, 0.6) is 0 Å². The zero-order valence-corrected chi connectivity index (χ0v) is 23.9. The number of rotatable bonds is 9. The van der Waals surface area contributed by atoms with E-state index in [1.165, 1.54) is 12.1 Å². The number of morpholine rings is 1. The maximum absolute atomic E-state index is 14.6. The van der Waals surface area contributed by atoms with E-state index in [9.17, 15) is 29.3 Å². The Morgan fingerprint density at radius 3 is 2.23 bits per heavy atom. The van der Waals surface area contributed by atoms with Crippen molar-refractivity contribution in [1.82, 2.24) is 4.90 Å². The van der Waals surface area contributed by atoms with Crippen LogP contribution in [0.2, 0.25) is 0 Å². The molecule has 10 heteroatoms. The van der Waals surface area contributed by atoms with Gasteiger partial charge in [-0.2, -0.15) is 0 Å². The first-order chi connectivity index (χ1) is 20.5. The van der Waals surface area contributed by atoms with E-state index in [4.69, 9.17) is 9.47 Å². The second-order valence-electron chi connectivity index (χ2n) is 11.8. The number of hydrogen-bond donors (Lipinski definition) is 4. The number of anilines is 1. The van der Waals surface area contributed by atoms with Crippen molar-refractivity contribution in [3.8, 4) is 0 Å². The van der Waals surface area contributed by atoms with Crippen molar-refractivity contribution in [2.45, 2.75) is 68.0 Å². The highest BCUT2D eigenvalue weighted by Gasteiger charge is 2.99. The van der Waals surface area contributed by atoms with E-state index in [1.807, 2.05) is 12.1 Å². The van der Waals surface area contributed by atoms with Gasteiger partial charge in [-0.15, -0.1) is 0 Å². The van der Waals surface area contributed by atoms with Crippen molar-refractivity contribution in [2.75, 3.05) is 11.9 Å². The van der Waals surface area contributed by atoms with Gasteiger partial charge in [-0.05, 0) is 42.2 Å². The molecule has 0 radical (unpaired) electrons. The van der Waals surface area contributed by atoms with Crippen molar-refractivity contribution in [3.05, 3.63) is 102 Å². The number of aliphatic hydroxyl groups excluding tert-OH is 1. The van der Waals surface area contributed by atoms with Gasteiger partial charge in [-0.3, -0.25) is 9.59 Å². The van der Waals surface area contributed by atoms with E-state index in [-0.39, 0.29) is 13.0 Å². The molecule has 9 nitrogen and oxygen atoms in total. The summed E-state index contributed by atoms with van der Waals surface area (Å²) >= 11 is 0. The van der Waals surface area contributed by atoms with Gasteiger partial charge in [0, 0.05) is 24.2 Å². The van der Waals surface area contributed by atoms with Crippen LogP contribution in [0.3, 0.4) is 0 Å². The van der Waals surface area contributed by atoms with Gasteiger partial charge in [-0.25, -0.2) is 9.29 Å². The topological polar surface area (TPSA) is 132 Å². The molecule has 3 saturated heterocycles. The SMILES string of the molecule is CC(C)[C@]1(O)N2CCC(CC(O)CC(=O)O)O[C@@]2(c2ccc(F)cc2)[C@]2(c3ccccc3)O[C@@]21C(=O)Nc1ccccc1. The number of para-hydroxylation sites is 1. The van der Waals surface area contributed by atoms with Gasteiger partial charge in [0.15, 0.2) is 17.1 Å². The summed E-state index contributed by atoms with van der Waals surface area (Å²) < 4.78 is 28.0. The number of aliphatic hydroxyl groups is 2. The Bertz CT molecular complexity index is 1510. The fraction of sp³-hybridized carbons (Fsp3) is 0.394. The zero-order valence-electron chi connectivity index (χ0n) is 23.9. The Morgan fingerprint density at radius 1 is 1.00 bits per heavy atom. The smallest absolute Gasteiger partial charge is 0.305 e. The van der Waals surface area contributed by atoms with Gasteiger partial charge in [0.2, 0.25) is 5.60 Å². The summed E-state index contributed by atoms with van der Waals surface area (Å²) in [5.74, 6) is -2.75. The lowest BCUT2D eigenvalue weighted by Gasteiger charge is -2.54. The van der Waals surface area contributed by atoms with Gasteiger partial charge in [-0.1, -0.05) is 74.5 Å². The molecule has 3 aliphatic heterocycles. The van der Waals surface area contributed by atoms with E-state index in [0.717, 1.165) is 0 Å². The summed E-state index contributed by atoms with van der Waals surface area (Å²) in [6.45, 7) is 3.83. The minimum Gasteiger partial charge on any atom is -0.481 e. The molecule has 0 bridgehead atoms. The van der Waals surface area contributed by atoms with Crippen LogP contribution >= 0.6 is 0 Å². The quantitative estimate of drug-likeness (QED) is 0.276. The van der Waals surface area contributed by atoms with Crippen molar-refractivity contribution in [2.24, 2.45) is 5.92 Å². The Balaban J connectivity index is 1.59. The molecular weight excluding hydrogens is 555 g/mol. The predicted octanol–water partition coefficient (Wildman–Crippen LogP) is 3.96. The van der Waals surface area contributed by atoms with Crippen molar-refractivity contribution < 1.29 is 38.8 Å².